The number of nitrogens with two attached hydrogens (primary N) is 1. The summed E-state index contributed by atoms with van der Waals surface area (Å²) in [6.45, 7) is 4.78. The Bertz CT molecular complexity index is 462. The fourth-order valence-electron chi connectivity index (χ4n) is 3.12. The van der Waals surface area contributed by atoms with Gasteiger partial charge in [-0.25, -0.2) is 0 Å². The standard InChI is InChI=1S/C15H23N3O2/c1-12(14-6-2-3-7-15(14)18(19)20)17-10-4-5-13(11-17)8-9-16/h2-3,6-7,12-13H,4-5,8-11,16H2,1H3. The Hall–Kier alpha value is -1.46. The lowest BCUT2D eigenvalue weighted by Gasteiger charge is -2.36. The van der Waals surface area contributed by atoms with E-state index in [1.54, 1.807) is 12.1 Å². The zero-order valence-corrected chi connectivity index (χ0v) is 12.0. The second-order valence-corrected chi connectivity index (χ2v) is 5.57. The van der Waals surface area contributed by atoms with Gasteiger partial charge in [0.25, 0.3) is 5.69 Å². The van der Waals surface area contributed by atoms with Gasteiger partial charge in [-0.3, -0.25) is 15.0 Å². The lowest BCUT2D eigenvalue weighted by Crippen LogP contribution is -2.38. The summed E-state index contributed by atoms with van der Waals surface area (Å²) in [5.74, 6) is 0.624. The van der Waals surface area contributed by atoms with Crippen molar-refractivity contribution in [2.75, 3.05) is 19.6 Å². The molecule has 1 aliphatic heterocycles. The minimum Gasteiger partial charge on any atom is -0.330 e. The Kier molecular flexibility index (Phi) is 5.09. The minimum absolute atomic E-state index is 0.0807. The fraction of sp³-hybridized carbons (Fsp3) is 0.600. The van der Waals surface area contributed by atoms with Crippen LogP contribution in [0.1, 0.15) is 37.8 Å². The molecule has 0 aliphatic carbocycles. The molecule has 2 atom stereocenters. The molecule has 2 N–H and O–H groups in total. The Labute approximate surface area is 119 Å². The molecule has 0 saturated carbocycles. The molecule has 0 bridgehead atoms. The SMILES string of the molecule is CC(c1ccccc1[N+](=O)[O-])N1CCCC(CCN)C1. The van der Waals surface area contributed by atoms with Crippen LogP contribution in [-0.2, 0) is 0 Å². The van der Waals surface area contributed by atoms with Crippen LogP contribution in [0, 0.1) is 16.0 Å². The Morgan fingerprint density at radius 1 is 1.50 bits per heavy atom. The van der Waals surface area contributed by atoms with Gasteiger partial charge in [0.15, 0.2) is 0 Å². The fourth-order valence-corrected chi connectivity index (χ4v) is 3.12. The predicted molar refractivity (Wildman–Crippen MR) is 79.5 cm³/mol. The zero-order chi connectivity index (χ0) is 14.5. The highest BCUT2D eigenvalue weighted by Crippen LogP contribution is 2.32. The number of benzene rings is 1. The summed E-state index contributed by atoms with van der Waals surface area (Å²) < 4.78 is 0. The first-order valence-corrected chi connectivity index (χ1v) is 7.31. The summed E-state index contributed by atoms with van der Waals surface area (Å²) in [6.07, 6.45) is 3.41. The molecule has 1 aromatic rings. The first kappa shape index (κ1) is 14.9. The van der Waals surface area contributed by atoms with Crippen LogP contribution in [-0.4, -0.2) is 29.5 Å². The van der Waals surface area contributed by atoms with Crippen LogP contribution in [0.4, 0.5) is 5.69 Å². The maximum atomic E-state index is 11.1. The number of nitro groups is 1. The Balaban J connectivity index is 2.14. The van der Waals surface area contributed by atoms with Crippen molar-refractivity contribution < 1.29 is 4.92 Å². The molecule has 5 heteroatoms. The molecule has 1 fully saturated rings. The van der Waals surface area contributed by atoms with Gasteiger partial charge >= 0.3 is 0 Å². The topological polar surface area (TPSA) is 72.4 Å². The quantitative estimate of drug-likeness (QED) is 0.663. The molecule has 1 heterocycles. The highest BCUT2D eigenvalue weighted by Gasteiger charge is 2.27. The second kappa shape index (κ2) is 6.81. The predicted octanol–water partition coefficient (Wildman–Crippen LogP) is 2.72. The molecule has 0 aromatic heterocycles. The van der Waals surface area contributed by atoms with Crippen LogP contribution in [0.25, 0.3) is 0 Å². The van der Waals surface area contributed by atoms with Gasteiger partial charge < -0.3 is 5.73 Å². The zero-order valence-electron chi connectivity index (χ0n) is 12.0. The van der Waals surface area contributed by atoms with E-state index in [-0.39, 0.29) is 16.7 Å². The van der Waals surface area contributed by atoms with Crippen molar-refractivity contribution in [3.05, 3.63) is 39.9 Å². The molecular weight excluding hydrogens is 254 g/mol. The van der Waals surface area contributed by atoms with Gasteiger partial charge in [0, 0.05) is 24.2 Å². The third kappa shape index (κ3) is 3.35. The highest BCUT2D eigenvalue weighted by atomic mass is 16.6. The third-order valence-electron chi connectivity index (χ3n) is 4.26. The lowest BCUT2D eigenvalue weighted by molar-refractivity contribution is -0.386. The van der Waals surface area contributed by atoms with Gasteiger partial charge in [-0.2, -0.15) is 0 Å². The van der Waals surface area contributed by atoms with Gasteiger partial charge in [-0.1, -0.05) is 18.2 Å². The molecule has 1 aromatic carbocycles. The van der Waals surface area contributed by atoms with Gasteiger partial charge in [0.1, 0.15) is 0 Å². The van der Waals surface area contributed by atoms with Crippen LogP contribution in [0.15, 0.2) is 24.3 Å². The van der Waals surface area contributed by atoms with Gasteiger partial charge in [-0.05, 0) is 45.2 Å². The Morgan fingerprint density at radius 2 is 2.25 bits per heavy atom. The molecule has 0 amide bonds. The van der Waals surface area contributed by atoms with Crippen molar-refractivity contribution in [1.82, 2.24) is 4.90 Å². The highest BCUT2D eigenvalue weighted by molar-refractivity contribution is 5.41. The van der Waals surface area contributed by atoms with Crippen molar-refractivity contribution in [3.8, 4) is 0 Å². The maximum Gasteiger partial charge on any atom is 0.274 e. The van der Waals surface area contributed by atoms with Crippen molar-refractivity contribution >= 4 is 5.69 Å². The third-order valence-corrected chi connectivity index (χ3v) is 4.26. The van der Waals surface area contributed by atoms with Crippen LogP contribution in [0.2, 0.25) is 0 Å². The van der Waals surface area contributed by atoms with E-state index in [0.717, 1.165) is 38.0 Å². The van der Waals surface area contributed by atoms with Crippen LogP contribution >= 0.6 is 0 Å². The normalized spacial score (nSPS) is 21.6. The number of hydrogen-bond donors (Lipinski definition) is 1. The molecule has 5 nitrogen and oxygen atoms in total. The van der Waals surface area contributed by atoms with Crippen LogP contribution in [0.3, 0.4) is 0 Å². The molecule has 1 aliphatic rings. The van der Waals surface area contributed by atoms with Crippen LogP contribution in [0.5, 0.6) is 0 Å². The van der Waals surface area contributed by atoms with E-state index >= 15 is 0 Å². The number of piperidine rings is 1. The van der Waals surface area contributed by atoms with E-state index in [4.69, 9.17) is 5.73 Å². The molecular formula is C15H23N3O2. The molecule has 1 saturated heterocycles. The van der Waals surface area contributed by atoms with Gasteiger partial charge in [-0.15, -0.1) is 0 Å². The summed E-state index contributed by atoms with van der Waals surface area (Å²) in [4.78, 5) is 13.2. The molecule has 110 valence electrons. The van der Waals surface area contributed by atoms with Crippen molar-refractivity contribution in [2.24, 2.45) is 11.7 Å². The van der Waals surface area contributed by atoms with E-state index in [2.05, 4.69) is 11.8 Å². The van der Waals surface area contributed by atoms with E-state index < -0.39 is 0 Å². The smallest absolute Gasteiger partial charge is 0.274 e. The monoisotopic (exact) mass is 277 g/mol. The van der Waals surface area contributed by atoms with Crippen molar-refractivity contribution in [3.63, 3.8) is 0 Å². The first-order valence-electron chi connectivity index (χ1n) is 7.31. The van der Waals surface area contributed by atoms with Crippen LogP contribution < -0.4 is 5.73 Å². The van der Waals surface area contributed by atoms with Crippen molar-refractivity contribution in [1.29, 1.82) is 0 Å². The number of rotatable bonds is 5. The number of likely N-dealkylation sites (tertiary alicyclic amines) is 1. The summed E-state index contributed by atoms with van der Waals surface area (Å²) in [7, 11) is 0. The Morgan fingerprint density at radius 3 is 2.95 bits per heavy atom. The minimum atomic E-state index is -0.285. The van der Waals surface area contributed by atoms with E-state index in [1.165, 1.54) is 6.42 Å². The number of nitro benzene ring substituents is 1. The molecule has 2 unspecified atom stereocenters. The molecule has 0 spiro atoms. The molecule has 20 heavy (non-hydrogen) atoms. The number of para-hydroxylation sites is 1. The lowest BCUT2D eigenvalue weighted by atomic mass is 9.92. The first-order chi connectivity index (χ1) is 9.63. The summed E-state index contributed by atoms with van der Waals surface area (Å²) in [5.41, 5.74) is 6.68. The maximum absolute atomic E-state index is 11.1. The van der Waals surface area contributed by atoms with Gasteiger partial charge in [0.2, 0.25) is 0 Å². The molecule has 0 radical (unpaired) electrons. The molecule has 2 rings (SSSR count). The largest absolute Gasteiger partial charge is 0.330 e. The van der Waals surface area contributed by atoms with Crippen molar-refractivity contribution in [2.45, 2.75) is 32.2 Å². The van der Waals surface area contributed by atoms with E-state index in [0.29, 0.717) is 5.92 Å². The average molecular weight is 277 g/mol. The van der Waals surface area contributed by atoms with E-state index in [1.807, 2.05) is 12.1 Å². The summed E-state index contributed by atoms with van der Waals surface area (Å²) in [6, 6.07) is 7.14. The summed E-state index contributed by atoms with van der Waals surface area (Å²) in [5, 5.41) is 11.1. The summed E-state index contributed by atoms with van der Waals surface area (Å²) >= 11 is 0. The number of nitrogens with zero attached hydrogens (tertiary/aromatic N) is 2. The second-order valence-electron chi connectivity index (χ2n) is 5.57. The van der Waals surface area contributed by atoms with E-state index in [9.17, 15) is 10.1 Å². The number of hydrogen-bond acceptors (Lipinski definition) is 4. The van der Waals surface area contributed by atoms with Gasteiger partial charge in [0.05, 0.1) is 4.92 Å². The average Bonchev–Trinajstić information content (AvgIpc) is 2.47.